The molecule has 2 aromatic rings. The fraction of sp³-hybridized carbons (Fsp3) is 0.407. The highest BCUT2D eigenvalue weighted by Crippen LogP contribution is 2.45. The van der Waals surface area contributed by atoms with Gasteiger partial charge in [0.1, 0.15) is 6.04 Å². The Morgan fingerprint density at radius 2 is 1.94 bits per heavy atom. The Labute approximate surface area is 195 Å². The Bertz CT molecular complexity index is 1070. The van der Waals surface area contributed by atoms with Gasteiger partial charge in [-0.25, -0.2) is 9.59 Å². The molecule has 172 valence electrons. The van der Waals surface area contributed by atoms with Gasteiger partial charge in [0, 0.05) is 24.1 Å². The molecule has 2 fully saturated rings. The number of nitrogens with zero attached hydrogens (tertiary/aromatic N) is 1. The van der Waals surface area contributed by atoms with E-state index >= 15 is 0 Å². The number of methoxy groups -OCH3 is 1. The predicted octanol–water partition coefficient (Wildman–Crippen LogP) is 3.97. The zero-order chi connectivity index (χ0) is 23.4. The molecule has 0 radical (unpaired) electrons. The van der Waals surface area contributed by atoms with Crippen molar-refractivity contribution in [1.29, 1.82) is 0 Å². The molecule has 1 saturated heterocycles. The first kappa shape index (κ1) is 22.9. The second-order valence-corrected chi connectivity index (χ2v) is 8.84. The van der Waals surface area contributed by atoms with E-state index in [0.29, 0.717) is 24.9 Å². The number of benzene rings is 2. The zero-order valence-corrected chi connectivity index (χ0v) is 19.1. The average molecular weight is 447 g/mol. The number of amides is 1. The van der Waals surface area contributed by atoms with E-state index < -0.39 is 17.6 Å². The van der Waals surface area contributed by atoms with Gasteiger partial charge in [-0.1, -0.05) is 48.4 Å². The maximum Gasteiger partial charge on any atom is 0.409 e. The molecule has 0 bridgehead atoms. The van der Waals surface area contributed by atoms with Crippen molar-refractivity contribution < 1.29 is 19.1 Å². The molecule has 3 unspecified atom stereocenters. The fourth-order valence-corrected chi connectivity index (χ4v) is 5.11. The number of hydrogen-bond acceptors (Lipinski definition) is 5. The number of nitrogens with two attached hydrogens (primary N) is 1. The van der Waals surface area contributed by atoms with Crippen molar-refractivity contribution in [2.45, 2.75) is 50.3 Å². The van der Waals surface area contributed by atoms with Crippen LogP contribution in [-0.4, -0.2) is 42.3 Å². The van der Waals surface area contributed by atoms with E-state index in [-0.39, 0.29) is 18.1 Å². The largest absolute Gasteiger partial charge is 0.453 e. The van der Waals surface area contributed by atoms with Crippen LogP contribution in [0.4, 0.5) is 4.79 Å². The van der Waals surface area contributed by atoms with Crippen LogP contribution in [0, 0.1) is 24.7 Å². The standard InChI is InChI=1S/C27H30N2O4/c1-19-8-6-9-20(18-19)13-16-27(33-25(30)24(28)21-10-4-3-5-11-21)15-7-12-23-22(27)14-17-29(23)26(31)32-2/h3-6,8-11,18,22-24H,7,12,14-15,17,28H2,1-2H3/t22?,23?,24-,27?/m0/s1. The Kier molecular flexibility index (Phi) is 6.71. The van der Waals surface area contributed by atoms with Gasteiger partial charge in [0.15, 0.2) is 5.60 Å². The summed E-state index contributed by atoms with van der Waals surface area (Å²) in [6.45, 7) is 2.57. The van der Waals surface area contributed by atoms with Crippen LogP contribution in [-0.2, 0) is 14.3 Å². The first-order chi connectivity index (χ1) is 15.9. The van der Waals surface area contributed by atoms with Gasteiger partial charge in [0.05, 0.1) is 7.11 Å². The van der Waals surface area contributed by atoms with Crippen molar-refractivity contribution in [1.82, 2.24) is 4.90 Å². The number of ether oxygens (including phenoxy) is 2. The van der Waals surface area contributed by atoms with Crippen molar-refractivity contribution in [3.63, 3.8) is 0 Å². The van der Waals surface area contributed by atoms with Crippen molar-refractivity contribution in [2.24, 2.45) is 11.7 Å². The molecule has 4 atom stereocenters. The molecule has 1 aliphatic heterocycles. The molecule has 6 nitrogen and oxygen atoms in total. The van der Waals surface area contributed by atoms with Crippen LogP contribution >= 0.6 is 0 Å². The molecule has 1 saturated carbocycles. The number of rotatable bonds is 3. The molecule has 2 N–H and O–H groups in total. The first-order valence-electron chi connectivity index (χ1n) is 11.4. The molecular weight excluding hydrogens is 416 g/mol. The molecule has 2 aliphatic rings. The summed E-state index contributed by atoms with van der Waals surface area (Å²) in [4.78, 5) is 27.3. The lowest BCUT2D eigenvalue weighted by atomic mass is 9.72. The number of fused-ring (bicyclic) bond motifs is 1. The van der Waals surface area contributed by atoms with E-state index in [1.54, 1.807) is 4.90 Å². The highest BCUT2D eigenvalue weighted by molar-refractivity contribution is 5.78. The maximum atomic E-state index is 13.2. The van der Waals surface area contributed by atoms with E-state index in [1.165, 1.54) is 7.11 Å². The first-order valence-corrected chi connectivity index (χ1v) is 11.4. The van der Waals surface area contributed by atoms with Gasteiger partial charge in [0.25, 0.3) is 0 Å². The summed E-state index contributed by atoms with van der Waals surface area (Å²) in [6, 6.07) is 16.1. The van der Waals surface area contributed by atoms with Gasteiger partial charge in [0.2, 0.25) is 0 Å². The highest BCUT2D eigenvalue weighted by atomic mass is 16.6. The van der Waals surface area contributed by atoms with Crippen LogP contribution in [0.15, 0.2) is 54.6 Å². The summed E-state index contributed by atoms with van der Waals surface area (Å²) in [5.74, 6) is 5.98. The summed E-state index contributed by atoms with van der Waals surface area (Å²) in [7, 11) is 1.39. The van der Waals surface area contributed by atoms with E-state index in [9.17, 15) is 9.59 Å². The molecule has 0 spiro atoms. The topological polar surface area (TPSA) is 81.9 Å². The van der Waals surface area contributed by atoms with E-state index in [2.05, 4.69) is 11.8 Å². The smallest absolute Gasteiger partial charge is 0.409 e. The van der Waals surface area contributed by atoms with Gasteiger partial charge >= 0.3 is 12.1 Å². The molecule has 0 aromatic heterocycles. The minimum Gasteiger partial charge on any atom is -0.453 e. The van der Waals surface area contributed by atoms with E-state index in [4.69, 9.17) is 15.2 Å². The van der Waals surface area contributed by atoms with Crippen LogP contribution in [0.25, 0.3) is 0 Å². The van der Waals surface area contributed by atoms with Gasteiger partial charge in [-0.2, -0.15) is 0 Å². The molecule has 1 amide bonds. The molecule has 2 aromatic carbocycles. The zero-order valence-electron chi connectivity index (χ0n) is 19.1. The lowest BCUT2D eigenvalue weighted by molar-refractivity contribution is -0.164. The molecular formula is C27H30N2O4. The van der Waals surface area contributed by atoms with Gasteiger partial charge < -0.3 is 20.1 Å². The predicted molar refractivity (Wildman–Crippen MR) is 125 cm³/mol. The maximum absolute atomic E-state index is 13.2. The Morgan fingerprint density at radius 1 is 1.15 bits per heavy atom. The van der Waals surface area contributed by atoms with Crippen LogP contribution < -0.4 is 5.73 Å². The third-order valence-electron chi connectivity index (χ3n) is 6.73. The Balaban J connectivity index is 1.68. The van der Waals surface area contributed by atoms with Crippen molar-refractivity contribution in [2.75, 3.05) is 13.7 Å². The monoisotopic (exact) mass is 446 g/mol. The SMILES string of the molecule is COC(=O)N1CCC2C1CCCC2(C#Cc1cccc(C)c1)OC(=O)[C@@H](N)c1ccccc1. The molecule has 1 aliphatic carbocycles. The number of hydrogen-bond donors (Lipinski definition) is 1. The third kappa shape index (κ3) is 4.74. The number of aryl methyl sites for hydroxylation is 1. The lowest BCUT2D eigenvalue weighted by Gasteiger charge is -2.42. The molecule has 4 rings (SSSR count). The minimum absolute atomic E-state index is 0.0845. The Hall–Kier alpha value is -3.30. The number of carbonyl (C=O) groups excluding carboxylic acids is 2. The normalized spacial score (nSPS) is 24.8. The van der Waals surface area contributed by atoms with E-state index in [0.717, 1.165) is 24.0 Å². The summed E-state index contributed by atoms with van der Waals surface area (Å²) in [5, 5.41) is 0. The summed E-state index contributed by atoms with van der Waals surface area (Å²) in [6.07, 6.45) is 2.56. The van der Waals surface area contributed by atoms with Crippen LogP contribution in [0.2, 0.25) is 0 Å². The summed E-state index contributed by atoms with van der Waals surface area (Å²) < 4.78 is 11.2. The second-order valence-electron chi connectivity index (χ2n) is 8.84. The fourth-order valence-electron chi connectivity index (χ4n) is 5.11. The molecule has 1 heterocycles. The van der Waals surface area contributed by atoms with Crippen LogP contribution in [0.3, 0.4) is 0 Å². The molecule has 6 heteroatoms. The van der Waals surface area contributed by atoms with Crippen LogP contribution in [0.1, 0.15) is 48.4 Å². The quantitative estimate of drug-likeness (QED) is 0.570. The second kappa shape index (κ2) is 9.68. The highest BCUT2D eigenvalue weighted by Gasteiger charge is 2.54. The molecule has 33 heavy (non-hydrogen) atoms. The average Bonchev–Trinajstić information content (AvgIpc) is 3.28. The number of esters is 1. The Morgan fingerprint density at radius 3 is 2.67 bits per heavy atom. The van der Waals surface area contributed by atoms with Crippen molar-refractivity contribution >= 4 is 12.1 Å². The minimum atomic E-state index is -1.01. The van der Waals surface area contributed by atoms with Crippen molar-refractivity contribution in [3.8, 4) is 11.8 Å². The number of likely N-dealkylation sites (tertiary alicyclic amines) is 1. The van der Waals surface area contributed by atoms with Crippen molar-refractivity contribution in [3.05, 3.63) is 71.3 Å². The lowest BCUT2D eigenvalue weighted by Crippen LogP contribution is -2.52. The summed E-state index contributed by atoms with van der Waals surface area (Å²) >= 11 is 0. The van der Waals surface area contributed by atoms with Gasteiger partial charge in [-0.15, -0.1) is 0 Å². The van der Waals surface area contributed by atoms with E-state index in [1.807, 2.05) is 61.5 Å². The van der Waals surface area contributed by atoms with Gasteiger partial charge in [-0.05, 0) is 61.8 Å². The van der Waals surface area contributed by atoms with Gasteiger partial charge in [-0.3, -0.25) is 0 Å². The number of carbonyl (C=O) groups is 2. The third-order valence-corrected chi connectivity index (χ3v) is 6.73. The van der Waals surface area contributed by atoms with Crippen LogP contribution in [0.5, 0.6) is 0 Å². The summed E-state index contributed by atoms with van der Waals surface area (Å²) in [5.41, 5.74) is 7.92.